The number of hydrogen-bond donors (Lipinski definition) is 0. The van der Waals surface area contributed by atoms with Crippen molar-refractivity contribution in [3.63, 3.8) is 0 Å². The van der Waals surface area contributed by atoms with Crippen molar-refractivity contribution in [1.82, 2.24) is 0 Å². The highest BCUT2D eigenvalue weighted by atomic mass is 79.9. The smallest absolute Gasteiger partial charge is 0.347 e. The average molecular weight is 533 g/mol. The molecular formula is C27H17BrO7. The van der Waals surface area contributed by atoms with Crippen molar-refractivity contribution in [2.75, 3.05) is 0 Å². The zero-order chi connectivity index (χ0) is 24.7. The second-order valence-electron chi connectivity index (χ2n) is 7.82. The van der Waals surface area contributed by atoms with Crippen LogP contribution in [0.5, 0.6) is 11.5 Å². The Morgan fingerprint density at radius 2 is 1.57 bits per heavy atom. The van der Waals surface area contributed by atoms with Gasteiger partial charge in [0.05, 0.1) is 10.9 Å². The summed E-state index contributed by atoms with van der Waals surface area (Å²) < 4.78 is 22.9. The Kier molecular flexibility index (Phi) is 5.74. The van der Waals surface area contributed by atoms with Gasteiger partial charge in [-0.25, -0.2) is 4.79 Å². The first-order valence-electron chi connectivity index (χ1n) is 10.6. The van der Waals surface area contributed by atoms with Crippen molar-refractivity contribution in [3.8, 4) is 22.6 Å². The molecule has 0 aliphatic heterocycles. The number of carbonyl (C=O) groups is 2. The van der Waals surface area contributed by atoms with E-state index in [4.69, 9.17) is 18.3 Å². The zero-order valence-corrected chi connectivity index (χ0v) is 20.2. The first kappa shape index (κ1) is 22.6. The van der Waals surface area contributed by atoms with Crippen molar-refractivity contribution in [2.24, 2.45) is 0 Å². The van der Waals surface area contributed by atoms with Gasteiger partial charge < -0.3 is 18.3 Å². The molecule has 8 heteroatoms. The third-order valence-corrected chi connectivity index (χ3v) is 5.94. The standard InChI is InChI=1S/C27H17BrO7/c1-14-25(21-11-18(34-15(2)29)8-10-23(21)33-14)27(31)35-19-7-9-20-24(12-19)32-13-22(26(20)30)16-3-5-17(28)6-4-16/h3-13H,1-2H3. The van der Waals surface area contributed by atoms with Crippen molar-refractivity contribution in [3.05, 3.63) is 92.9 Å². The Hall–Kier alpha value is -4.17. The summed E-state index contributed by atoms with van der Waals surface area (Å²) in [5.74, 6) is -0.290. The number of rotatable bonds is 4. The van der Waals surface area contributed by atoms with E-state index in [-0.39, 0.29) is 28.1 Å². The lowest BCUT2D eigenvalue weighted by Crippen LogP contribution is -2.10. The fraction of sp³-hybridized carbons (Fsp3) is 0.0741. The van der Waals surface area contributed by atoms with E-state index in [2.05, 4.69) is 15.9 Å². The van der Waals surface area contributed by atoms with Gasteiger partial charge in [-0.1, -0.05) is 28.1 Å². The fourth-order valence-corrected chi connectivity index (χ4v) is 4.11. The molecule has 0 amide bonds. The van der Waals surface area contributed by atoms with E-state index < -0.39 is 11.9 Å². The molecule has 5 aromatic rings. The van der Waals surface area contributed by atoms with Crippen LogP contribution in [0.2, 0.25) is 0 Å². The Bertz CT molecular complexity index is 1680. The van der Waals surface area contributed by atoms with Gasteiger partial charge in [-0.3, -0.25) is 9.59 Å². The van der Waals surface area contributed by atoms with Crippen molar-refractivity contribution in [1.29, 1.82) is 0 Å². The van der Waals surface area contributed by atoms with Crippen LogP contribution in [-0.4, -0.2) is 11.9 Å². The summed E-state index contributed by atoms with van der Waals surface area (Å²) in [5, 5.41) is 0.818. The number of esters is 2. The van der Waals surface area contributed by atoms with E-state index in [0.29, 0.717) is 27.7 Å². The number of halogens is 1. The minimum atomic E-state index is -0.658. The van der Waals surface area contributed by atoms with E-state index in [0.717, 1.165) is 10.0 Å². The maximum atomic E-state index is 13.0. The highest BCUT2D eigenvalue weighted by molar-refractivity contribution is 9.10. The Morgan fingerprint density at radius 3 is 2.31 bits per heavy atom. The molecule has 3 aromatic carbocycles. The normalized spacial score (nSPS) is 11.1. The molecule has 2 heterocycles. The van der Waals surface area contributed by atoms with Crippen LogP contribution in [-0.2, 0) is 4.79 Å². The predicted molar refractivity (Wildman–Crippen MR) is 133 cm³/mol. The summed E-state index contributed by atoms with van der Waals surface area (Å²) in [6.45, 7) is 2.94. The van der Waals surface area contributed by atoms with Gasteiger partial charge in [0.1, 0.15) is 40.3 Å². The molecule has 0 atom stereocenters. The largest absolute Gasteiger partial charge is 0.463 e. The Labute approximate surface area is 207 Å². The number of carbonyl (C=O) groups excluding carboxylic acids is 2. The summed E-state index contributed by atoms with van der Waals surface area (Å²) in [7, 11) is 0. The van der Waals surface area contributed by atoms with Crippen LogP contribution in [0.3, 0.4) is 0 Å². The third-order valence-electron chi connectivity index (χ3n) is 5.41. The monoisotopic (exact) mass is 532 g/mol. The molecule has 35 heavy (non-hydrogen) atoms. The highest BCUT2D eigenvalue weighted by Crippen LogP contribution is 2.31. The average Bonchev–Trinajstić information content (AvgIpc) is 3.15. The summed E-state index contributed by atoms with van der Waals surface area (Å²) in [6.07, 6.45) is 1.39. The van der Waals surface area contributed by atoms with Crippen LogP contribution >= 0.6 is 15.9 Å². The Balaban J connectivity index is 1.47. The molecule has 0 bridgehead atoms. The summed E-state index contributed by atoms with van der Waals surface area (Å²) in [6, 6.07) is 16.7. The van der Waals surface area contributed by atoms with Gasteiger partial charge in [0.15, 0.2) is 5.43 Å². The number of furan rings is 1. The minimum absolute atomic E-state index is 0.193. The highest BCUT2D eigenvalue weighted by Gasteiger charge is 2.22. The molecule has 7 nitrogen and oxygen atoms in total. The SMILES string of the molecule is CC(=O)Oc1ccc2oc(C)c(C(=O)Oc3ccc4c(=O)c(-c5ccc(Br)cc5)coc4c3)c2c1. The molecule has 0 saturated heterocycles. The molecule has 5 rings (SSSR count). The molecule has 0 N–H and O–H groups in total. The molecule has 174 valence electrons. The van der Waals surface area contributed by atoms with E-state index in [1.54, 1.807) is 31.2 Å². The molecule has 0 fully saturated rings. The van der Waals surface area contributed by atoms with Gasteiger partial charge in [0.25, 0.3) is 0 Å². The molecule has 0 saturated carbocycles. The van der Waals surface area contributed by atoms with Crippen LogP contribution in [0, 0.1) is 6.92 Å². The lowest BCUT2D eigenvalue weighted by molar-refractivity contribution is -0.131. The van der Waals surface area contributed by atoms with Crippen molar-refractivity contribution in [2.45, 2.75) is 13.8 Å². The molecule has 0 spiro atoms. The molecular weight excluding hydrogens is 516 g/mol. The van der Waals surface area contributed by atoms with Gasteiger partial charge in [0, 0.05) is 22.8 Å². The molecule has 0 aliphatic rings. The second-order valence-corrected chi connectivity index (χ2v) is 8.73. The van der Waals surface area contributed by atoms with Gasteiger partial charge in [-0.15, -0.1) is 0 Å². The lowest BCUT2D eigenvalue weighted by atomic mass is 10.1. The maximum Gasteiger partial charge on any atom is 0.347 e. The summed E-state index contributed by atoms with van der Waals surface area (Å²) in [4.78, 5) is 37.3. The van der Waals surface area contributed by atoms with E-state index in [1.165, 1.54) is 25.3 Å². The lowest BCUT2D eigenvalue weighted by Gasteiger charge is -2.07. The fourth-order valence-electron chi connectivity index (χ4n) is 3.84. The van der Waals surface area contributed by atoms with Gasteiger partial charge >= 0.3 is 11.9 Å². The quantitative estimate of drug-likeness (QED) is 0.194. The number of fused-ring (bicyclic) bond motifs is 2. The van der Waals surface area contributed by atoms with Crippen LogP contribution in [0.4, 0.5) is 0 Å². The zero-order valence-electron chi connectivity index (χ0n) is 18.6. The van der Waals surface area contributed by atoms with Gasteiger partial charge in [0.2, 0.25) is 0 Å². The number of benzene rings is 3. The summed E-state index contributed by atoms with van der Waals surface area (Å²) >= 11 is 3.38. The van der Waals surface area contributed by atoms with E-state index >= 15 is 0 Å². The van der Waals surface area contributed by atoms with Gasteiger partial charge in [-0.2, -0.15) is 0 Å². The number of aryl methyl sites for hydroxylation is 1. The first-order valence-corrected chi connectivity index (χ1v) is 11.3. The number of ether oxygens (including phenoxy) is 2. The minimum Gasteiger partial charge on any atom is -0.463 e. The van der Waals surface area contributed by atoms with Crippen molar-refractivity contribution >= 4 is 49.8 Å². The van der Waals surface area contributed by atoms with E-state index in [1.807, 2.05) is 24.3 Å². The van der Waals surface area contributed by atoms with E-state index in [9.17, 15) is 14.4 Å². The topological polar surface area (TPSA) is 96.0 Å². The van der Waals surface area contributed by atoms with Crippen LogP contribution in [0.1, 0.15) is 23.0 Å². The molecule has 2 aromatic heterocycles. The van der Waals surface area contributed by atoms with Crippen LogP contribution in [0.25, 0.3) is 33.1 Å². The number of hydrogen-bond acceptors (Lipinski definition) is 7. The molecule has 0 unspecified atom stereocenters. The first-order chi connectivity index (χ1) is 16.8. The maximum absolute atomic E-state index is 13.0. The molecule has 0 aliphatic carbocycles. The van der Waals surface area contributed by atoms with Crippen LogP contribution < -0.4 is 14.9 Å². The Morgan fingerprint density at radius 1 is 0.857 bits per heavy atom. The van der Waals surface area contributed by atoms with Crippen molar-refractivity contribution < 1.29 is 27.9 Å². The summed E-state index contributed by atoms with van der Waals surface area (Å²) in [5.41, 5.74) is 1.92. The third kappa shape index (κ3) is 4.36. The predicted octanol–water partition coefficient (Wildman–Crippen LogP) is 6.42. The second kappa shape index (κ2) is 8.88. The van der Waals surface area contributed by atoms with Crippen LogP contribution in [0.15, 0.2) is 85.0 Å². The molecule has 0 radical (unpaired) electrons. The van der Waals surface area contributed by atoms with Gasteiger partial charge in [-0.05, 0) is 55.0 Å².